The number of fused-ring (bicyclic) bond motifs is 1. The average Bonchev–Trinajstić information content (AvgIpc) is 3.64. The lowest BCUT2D eigenvalue weighted by Crippen LogP contribution is -2.47. The Balaban J connectivity index is 1.41. The standard InChI is InChI=1S/C37H46N8O6S/c1-7-9-14-31-38-35-32(33(39-43(35)6)37(47)44-19-17-42(5)18-20-44)36(46)45(31)22-26-15-16-28(27(21-26)23-50-8-2)29-12-10-11-13-30(29)52(48,49)41-34-24(3)25(4)51-40-34/h10-13,15-16,21H,7-9,14,17-20,22-23H2,1-6H3,(H,40,41). The Hall–Kier alpha value is -4.86. The van der Waals surface area contributed by atoms with Crippen molar-refractivity contribution in [3.05, 3.63) is 86.8 Å². The van der Waals surface area contributed by atoms with Crippen LogP contribution in [0.5, 0.6) is 0 Å². The van der Waals surface area contributed by atoms with Gasteiger partial charge in [-0.05, 0) is 57.0 Å². The van der Waals surface area contributed by atoms with Gasteiger partial charge in [-0.25, -0.2) is 18.1 Å². The van der Waals surface area contributed by atoms with E-state index in [0.717, 1.165) is 37.1 Å². The Labute approximate surface area is 303 Å². The van der Waals surface area contributed by atoms with Crippen LogP contribution in [0.3, 0.4) is 0 Å². The topological polar surface area (TPSA) is 158 Å². The number of aromatic nitrogens is 5. The number of amides is 1. The van der Waals surface area contributed by atoms with E-state index in [2.05, 4.69) is 26.8 Å². The van der Waals surface area contributed by atoms with Gasteiger partial charge in [0.1, 0.15) is 17.0 Å². The molecule has 1 aliphatic rings. The van der Waals surface area contributed by atoms with Crippen molar-refractivity contribution < 1.29 is 22.5 Å². The van der Waals surface area contributed by atoms with Crippen molar-refractivity contribution in [3.63, 3.8) is 0 Å². The molecule has 0 bridgehead atoms. The van der Waals surface area contributed by atoms with Crippen LogP contribution in [0.4, 0.5) is 5.82 Å². The molecule has 4 heterocycles. The number of nitrogens with zero attached hydrogens (tertiary/aromatic N) is 7. The molecule has 2 aromatic carbocycles. The number of unbranched alkanes of at least 4 members (excludes halogenated alkanes) is 1. The Bertz CT molecular complexity index is 2270. The molecule has 276 valence electrons. The maximum Gasteiger partial charge on any atom is 0.275 e. The van der Waals surface area contributed by atoms with E-state index in [-0.39, 0.29) is 46.4 Å². The van der Waals surface area contributed by atoms with Crippen LogP contribution in [0.25, 0.3) is 22.2 Å². The number of ether oxygens (including phenoxy) is 1. The molecule has 0 saturated carbocycles. The monoisotopic (exact) mass is 730 g/mol. The number of piperazine rings is 1. The summed E-state index contributed by atoms with van der Waals surface area (Å²) < 4.78 is 44.3. The highest BCUT2D eigenvalue weighted by atomic mass is 32.2. The number of hydrogen-bond donors (Lipinski definition) is 1. The fraction of sp³-hybridized carbons (Fsp3) is 0.432. The molecule has 1 fully saturated rings. The summed E-state index contributed by atoms with van der Waals surface area (Å²) in [6.07, 6.45) is 2.30. The molecule has 6 rings (SSSR count). The number of benzene rings is 2. The van der Waals surface area contributed by atoms with Crippen molar-refractivity contribution in [3.8, 4) is 11.1 Å². The van der Waals surface area contributed by atoms with Crippen LogP contribution >= 0.6 is 0 Å². The van der Waals surface area contributed by atoms with Gasteiger partial charge in [0.15, 0.2) is 17.2 Å². The molecular formula is C37H46N8O6S. The third-order valence-corrected chi connectivity index (χ3v) is 11.0. The third kappa shape index (κ3) is 7.38. The summed E-state index contributed by atoms with van der Waals surface area (Å²) in [4.78, 5) is 37.1. The minimum Gasteiger partial charge on any atom is -0.377 e. The van der Waals surface area contributed by atoms with Crippen LogP contribution in [0.2, 0.25) is 0 Å². The first kappa shape index (κ1) is 36.9. The lowest BCUT2D eigenvalue weighted by molar-refractivity contribution is 0.0659. The number of anilines is 1. The molecule has 3 aromatic heterocycles. The number of carbonyl (C=O) groups is 1. The van der Waals surface area contributed by atoms with Crippen molar-refractivity contribution in [2.75, 3.05) is 44.6 Å². The molecule has 1 saturated heterocycles. The second kappa shape index (κ2) is 15.4. The predicted octanol–water partition coefficient (Wildman–Crippen LogP) is 4.52. The van der Waals surface area contributed by atoms with E-state index in [1.54, 1.807) is 54.6 Å². The first-order chi connectivity index (χ1) is 24.9. The van der Waals surface area contributed by atoms with Crippen molar-refractivity contribution in [1.29, 1.82) is 0 Å². The lowest BCUT2D eigenvalue weighted by Gasteiger charge is -2.31. The molecule has 1 aliphatic heterocycles. The van der Waals surface area contributed by atoms with Crippen LogP contribution in [0.1, 0.15) is 65.5 Å². The lowest BCUT2D eigenvalue weighted by atomic mass is 9.97. The zero-order chi connectivity index (χ0) is 37.2. The number of hydrogen-bond acceptors (Lipinski definition) is 10. The van der Waals surface area contributed by atoms with E-state index >= 15 is 0 Å². The van der Waals surface area contributed by atoms with Crippen LogP contribution in [0.15, 0.2) is 56.7 Å². The molecule has 0 atom stereocenters. The van der Waals surface area contributed by atoms with Gasteiger partial charge in [-0.2, -0.15) is 5.10 Å². The minimum atomic E-state index is -4.07. The fourth-order valence-electron chi connectivity index (χ4n) is 6.41. The van der Waals surface area contributed by atoms with E-state index in [9.17, 15) is 18.0 Å². The van der Waals surface area contributed by atoms with Gasteiger partial charge in [-0.3, -0.25) is 18.9 Å². The highest BCUT2D eigenvalue weighted by Gasteiger charge is 2.29. The Kier molecular flexibility index (Phi) is 10.9. The zero-order valence-electron chi connectivity index (χ0n) is 30.6. The molecule has 1 N–H and O–H groups in total. The highest BCUT2D eigenvalue weighted by molar-refractivity contribution is 7.92. The van der Waals surface area contributed by atoms with Gasteiger partial charge in [0.25, 0.3) is 21.5 Å². The summed E-state index contributed by atoms with van der Waals surface area (Å²) in [5.41, 5.74) is 3.49. The number of sulfonamides is 1. The predicted molar refractivity (Wildman–Crippen MR) is 198 cm³/mol. The molecule has 0 aliphatic carbocycles. The van der Waals surface area contributed by atoms with Gasteiger partial charge in [-0.15, -0.1) is 0 Å². The van der Waals surface area contributed by atoms with Gasteiger partial charge in [-0.1, -0.05) is 54.9 Å². The first-order valence-corrected chi connectivity index (χ1v) is 19.1. The Morgan fingerprint density at radius 1 is 1.02 bits per heavy atom. The molecule has 14 nitrogen and oxygen atoms in total. The van der Waals surface area contributed by atoms with Crippen molar-refractivity contribution in [1.82, 2.24) is 34.3 Å². The van der Waals surface area contributed by atoms with Crippen molar-refractivity contribution in [2.24, 2.45) is 7.05 Å². The van der Waals surface area contributed by atoms with Gasteiger partial charge in [0.2, 0.25) is 0 Å². The zero-order valence-corrected chi connectivity index (χ0v) is 31.4. The van der Waals surface area contributed by atoms with Crippen LogP contribution in [0, 0.1) is 13.8 Å². The normalized spacial score (nSPS) is 14.0. The number of rotatable bonds is 13. The second-order valence-corrected chi connectivity index (χ2v) is 14.9. The highest BCUT2D eigenvalue weighted by Crippen LogP contribution is 2.33. The molecule has 1 amide bonds. The van der Waals surface area contributed by atoms with Gasteiger partial charge in [0, 0.05) is 57.4 Å². The molecule has 0 spiro atoms. The van der Waals surface area contributed by atoms with E-state index in [4.69, 9.17) is 14.2 Å². The van der Waals surface area contributed by atoms with Crippen molar-refractivity contribution >= 4 is 32.8 Å². The van der Waals surface area contributed by atoms with Gasteiger partial charge < -0.3 is 19.1 Å². The van der Waals surface area contributed by atoms with Crippen molar-refractivity contribution in [2.45, 2.75) is 65.0 Å². The Morgan fingerprint density at radius 3 is 2.46 bits per heavy atom. The number of aryl methyl sites for hydroxylation is 3. The largest absolute Gasteiger partial charge is 0.377 e. The van der Waals surface area contributed by atoms with Crippen LogP contribution < -0.4 is 10.3 Å². The third-order valence-electron chi connectivity index (χ3n) is 9.60. The first-order valence-electron chi connectivity index (χ1n) is 17.6. The average molecular weight is 731 g/mol. The summed E-state index contributed by atoms with van der Waals surface area (Å²) in [6, 6.07) is 12.4. The number of carbonyl (C=O) groups excluding carboxylic acids is 1. The van der Waals surface area contributed by atoms with Crippen LogP contribution in [-0.2, 0) is 41.4 Å². The van der Waals surface area contributed by atoms with E-state index in [0.29, 0.717) is 60.0 Å². The summed E-state index contributed by atoms with van der Waals surface area (Å²) >= 11 is 0. The number of nitrogens with one attached hydrogen (secondary N) is 1. The molecule has 15 heteroatoms. The fourth-order valence-corrected chi connectivity index (χ4v) is 7.69. The molecular weight excluding hydrogens is 685 g/mol. The smallest absolute Gasteiger partial charge is 0.275 e. The van der Waals surface area contributed by atoms with E-state index in [1.165, 1.54) is 4.68 Å². The number of likely N-dealkylation sites (N-methyl/N-ethyl adjacent to an activating group) is 1. The van der Waals surface area contributed by atoms with E-state index in [1.807, 2.05) is 32.2 Å². The van der Waals surface area contributed by atoms with Gasteiger partial charge >= 0.3 is 0 Å². The minimum absolute atomic E-state index is 0.0717. The van der Waals surface area contributed by atoms with E-state index < -0.39 is 10.0 Å². The quantitative estimate of drug-likeness (QED) is 0.183. The summed E-state index contributed by atoms with van der Waals surface area (Å²) in [7, 11) is -0.336. The SMILES string of the molecule is CCCCc1nc2c(c(C(=O)N3CCN(C)CC3)nn2C)c(=O)n1Cc1ccc(-c2ccccc2S(=O)(=O)Nc2noc(C)c2C)c(COCC)c1. The van der Waals surface area contributed by atoms with Gasteiger partial charge in [0.05, 0.1) is 18.0 Å². The second-order valence-electron chi connectivity index (χ2n) is 13.2. The summed E-state index contributed by atoms with van der Waals surface area (Å²) in [5.74, 6) is 0.991. The Morgan fingerprint density at radius 2 is 1.77 bits per heavy atom. The summed E-state index contributed by atoms with van der Waals surface area (Å²) in [6.45, 7) is 10.9. The maximum atomic E-state index is 14.4. The molecule has 52 heavy (non-hydrogen) atoms. The molecule has 5 aromatic rings. The maximum absolute atomic E-state index is 14.4. The summed E-state index contributed by atoms with van der Waals surface area (Å²) in [5, 5.41) is 8.62. The molecule has 0 radical (unpaired) electrons. The molecule has 0 unspecified atom stereocenters. The van der Waals surface area contributed by atoms with Crippen LogP contribution in [-0.4, -0.2) is 88.4 Å².